The van der Waals surface area contributed by atoms with E-state index in [2.05, 4.69) is 25.8 Å². The van der Waals surface area contributed by atoms with E-state index in [1.54, 1.807) is 11.3 Å². The number of esters is 1. The second-order valence-electron chi connectivity index (χ2n) is 7.23. The zero-order valence-electron chi connectivity index (χ0n) is 16.6. The van der Waals surface area contributed by atoms with Crippen LogP contribution in [0.1, 0.15) is 38.6 Å². The Morgan fingerprint density at radius 3 is 2.96 bits per heavy atom. The molecule has 28 heavy (non-hydrogen) atoms. The number of carbonyl (C=O) groups is 2. The van der Waals surface area contributed by atoms with Crippen LogP contribution in [0, 0.1) is 5.92 Å². The lowest BCUT2D eigenvalue weighted by molar-refractivity contribution is -0.143. The van der Waals surface area contributed by atoms with Crippen molar-refractivity contribution in [2.45, 2.75) is 40.0 Å². The minimum Gasteiger partial charge on any atom is -0.482 e. The lowest BCUT2D eigenvalue weighted by Crippen LogP contribution is -2.42. The Hall–Kier alpha value is -2.41. The Morgan fingerprint density at radius 1 is 1.39 bits per heavy atom. The Labute approximate surface area is 169 Å². The minimum absolute atomic E-state index is 0.0804. The summed E-state index contributed by atoms with van der Waals surface area (Å²) in [5, 5.41) is 3.11. The Morgan fingerprint density at radius 2 is 2.21 bits per heavy atom. The molecule has 1 aliphatic rings. The zero-order chi connectivity index (χ0) is 20.1. The van der Waals surface area contributed by atoms with Gasteiger partial charge in [-0.05, 0) is 43.4 Å². The molecule has 0 N–H and O–H groups in total. The first kappa shape index (κ1) is 20.3. The van der Waals surface area contributed by atoms with Crippen LogP contribution in [0.4, 0.5) is 5.69 Å². The molecule has 1 amide bonds. The van der Waals surface area contributed by atoms with E-state index in [0.29, 0.717) is 24.0 Å². The van der Waals surface area contributed by atoms with Crippen LogP contribution in [0.2, 0.25) is 0 Å². The van der Waals surface area contributed by atoms with Crippen molar-refractivity contribution in [1.82, 2.24) is 4.98 Å². The van der Waals surface area contributed by atoms with Gasteiger partial charge in [0.25, 0.3) is 5.91 Å². The van der Waals surface area contributed by atoms with Crippen molar-refractivity contribution in [3.05, 3.63) is 28.6 Å². The van der Waals surface area contributed by atoms with E-state index in [-0.39, 0.29) is 19.1 Å². The molecular formula is C21H26N2O4S. The summed E-state index contributed by atoms with van der Waals surface area (Å²) in [5.41, 5.74) is 2.35. The molecule has 0 spiro atoms. The van der Waals surface area contributed by atoms with E-state index >= 15 is 0 Å². The van der Waals surface area contributed by atoms with Crippen molar-refractivity contribution < 1.29 is 19.1 Å². The van der Waals surface area contributed by atoms with E-state index in [9.17, 15) is 9.59 Å². The maximum Gasteiger partial charge on any atom is 0.326 e. The number of hydrogen-bond acceptors (Lipinski definition) is 6. The second kappa shape index (κ2) is 9.19. The molecule has 2 heterocycles. The molecule has 0 atom stereocenters. The van der Waals surface area contributed by atoms with Gasteiger partial charge in [0.1, 0.15) is 12.3 Å². The van der Waals surface area contributed by atoms with Gasteiger partial charge in [-0.25, -0.2) is 4.98 Å². The van der Waals surface area contributed by atoms with E-state index in [0.717, 1.165) is 35.5 Å². The molecule has 0 saturated heterocycles. The Bertz CT molecular complexity index is 847. The summed E-state index contributed by atoms with van der Waals surface area (Å²) in [6.45, 7) is 6.43. The Kier molecular flexibility index (Phi) is 6.67. The molecule has 6 nitrogen and oxygen atoms in total. The number of carbonyl (C=O) groups excluding carboxylic acids is 2. The van der Waals surface area contributed by atoms with Gasteiger partial charge in [0, 0.05) is 10.9 Å². The van der Waals surface area contributed by atoms with Crippen molar-refractivity contribution in [3.8, 4) is 17.0 Å². The highest BCUT2D eigenvalue weighted by molar-refractivity contribution is 7.09. The number of fused-ring (bicyclic) bond motifs is 1. The molecule has 0 saturated carbocycles. The number of thiazole rings is 1. The molecule has 1 aromatic carbocycles. The van der Waals surface area contributed by atoms with Crippen LogP contribution in [0.25, 0.3) is 11.3 Å². The summed E-state index contributed by atoms with van der Waals surface area (Å²) in [6.07, 6.45) is 2.80. The third-order valence-electron chi connectivity index (χ3n) is 4.46. The highest BCUT2D eigenvalue weighted by atomic mass is 32.1. The quantitative estimate of drug-likeness (QED) is 0.623. The average molecular weight is 403 g/mol. The zero-order valence-corrected chi connectivity index (χ0v) is 17.4. The number of hydrogen-bond donors (Lipinski definition) is 0. The summed E-state index contributed by atoms with van der Waals surface area (Å²) >= 11 is 1.63. The standard InChI is InChI=1S/C21H26N2O4S/c1-4-5-19-22-16(13-28-19)15-6-7-18-17(10-15)23(20(24)12-27-18)11-21(25)26-9-8-14(2)3/h6-7,10,13-14H,4-5,8-9,11-12H2,1-3H3. The number of ether oxygens (including phenoxy) is 2. The largest absolute Gasteiger partial charge is 0.482 e. The lowest BCUT2D eigenvalue weighted by Gasteiger charge is -2.29. The molecule has 0 radical (unpaired) electrons. The van der Waals surface area contributed by atoms with Crippen molar-refractivity contribution in [2.24, 2.45) is 5.92 Å². The molecular weight excluding hydrogens is 376 g/mol. The highest BCUT2D eigenvalue weighted by Gasteiger charge is 2.28. The normalized spacial score (nSPS) is 13.4. The van der Waals surface area contributed by atoms with Gasteiger partial charge in [-0.15, -0.1) is 11.3 Å². The molecule has 1 aliphatic heterocycles. The number of aromatic nitrogens is 1. The van der Waals surface area contributed by atoms with Crippen molar-refractivity contribution in [1.29, 1.82) is 0 Å². The van der Waals surface area contributed by atoms with Crippen LogP contribution in [0.15, 0.2) is 23.6 Å². The van der Waals surface area contributed by atoms with Crippen molar-refractivity contribution in [2.75, 3.05) is 24.7 Å². The van der Waals surface area contributed by atoms with Crippen molar-refractivity contribution in [3.63, 3.8) is 0 Å². The summed E-state index contributed by atoms with van der Waals surface area (Å²) in [4.78, 5) is 30.7. The van der Waals surface area contributed by atoms with Crippen LogP contribution in [-0.2, 0) is 20.7 Å². The predicted molar refractivity (Wildman–Crippen MR) is 110 cm³/mol. The predicted octanol–water partition coefficient (Wildman–Crippen LogP) is 4.08. The van der Waals surface area contributed by atoms with Crippen LogP contribution in [0.3, 0.4) is 0 Å². The van der Waals surface area contributed by atoms with Gasteiger partial charge in [-0.2, -0.15) is 0 Å². The maximum atomic E-state index is 12.4. The fraction of sp³-hybridized carbons (Fsp3) is 0.476. The van der Waals surface area contributed by atoms with E-state index in [4.69, 9.17) is 9.47 Å². The average Bonchev–Trinajstić information content (AvgIpc) is 3.12. The highest BCUT2D eigenvalue weighted by Crippen LogP contribution is 2.36. The molecule has 150 valence electrons. The van der Waals surface area contributed by atoms with Crippen LogP contribution in [0.5, 0.6) is 5.75 Å². The van der Waals surface area contributed by atoms with E-state index in [1.807, 2.05) is 23.6 Å². The smallest absolute Gasteiger partial charge is 0.326 e. The summed E-state index contributed by atoms with van der Waals surface area (Å²) in [5.74, 6) is 0.376. The molecule has 2 aromatic rings. The third-order valence-corrected chi connectivity index (χ3v) is 5.37. The second-order valence-corrected chi connectivity index (χ2v) is 8.17. The first-order valence-corrected chi connectivity index (χ1v) is 10.5. The number of anilines is 1. The van der Waals surface area contributed by atoms with Gasteiger partial charge in [0.05, 0.1) is 23.0 Å². The first-order valence-electron chi connectivity index (χ1n) is 9.65. The number of amides is 1. The number of aryl methyl sites for hydroxylation is 1. The van der Waals surface area contributed by atoms with Gasteiger partial charge in [0.15, 0.2) is 6.61 Å². The van der Waals surface area contributed by atoms with Gasteiger partial charge in [0.2, 0.25) is 0 Å². The molecule has 1 aromatic heterocycles. The van der Waals surface area contributed by atoms with Crippen molar-refractivity contribution >= 4 is 28.9 Å². The Balaban J connectivity index is 1.78. The molecule has 0 fully saturated rings. The van der Waals surface area contributed by atoms with Crippen LogP contribution >= 0.6 is 11.3 Å². The molecule has 7 heteroatoms. The third kappa shape index (κ3) is 4.90. The SMILES string of the molecule is CCCc1nc(-c2ccc3c(c2)N(CC(=O)OCCC(C)C)C(=O)CO3)cs1. The summed E-state index contributed by atoms with van der Waals surface area (Å²) < 4.78 is 10.8. The van der Waals surface area contributed by atoms with Crippen LogP contribution < -0.4 is 9.64 Å². The fourth-order valence-corrected chi connectivity index (χ4v) is 3.80. The number of rotatable bonds is 8. The van der Waals surface area contributed by atoms with E-state index in [1.165, 1.54) is 4.90 Å². The molecule has 0 unspecified atom stereocenters. The maximum absolute atomic E-state index is 12.4. The fourth-order valence-electron chi connectivity index (χ4n) is 2.89. The number of benzene rings is 1. The van der Waals surface area contributed by atoms with Crippen LogP contribution in [-0.4, -0.2) is 36.6 Å². The molecule has 3 rings (SSSR count). The topological polar surface area (TPSA) is 68.7 Å². The molecule has 0 bridgehead atoms. The van der Waals surface area contributed by atoms with Gasteiger partial charge >= 0.3 is 5.97 Å². The number of nitrogens with zero attached hydrogens (tertiary/aromatic N) is 2. The van der Waals surface area contributed by atoms with Gasteiger partial charge in [-0.3, -0.25) is 14.5 Å². The summed E-state index contributed by atoms with van der Waals surface area (Å²) in [6, 6.07) is 5.62. The van der Waals surface area contributed by atoms with E-state index < -0.39 is 5.97 Å². The van der Waals surface area contributed by atoms with Gasteiger partial charge in [-0.1, -0.05) is 20.8 Å². The van der Waals surface area contributed by atoms with Gasteiger partial charge < -0.3 is 9.47 Å². The summed E-state index contributed by atoms with van der Waals surface area (Å²) in [7, 11) is 0. The monoisotopic (exact) mass is 402 g/mol. The lowest BCUT2D eigenvalue weighted by atomic mass is 10.1. The minimum atomic E-state index is -0.411. The first-order chi connectivity index (χ1) is 13.5. The molecule has 0 aliphatic carbocycles.